The lowest BCUT2D eigenvalue weighted by Gasteiger charge is -2.27. The van der Waals surface area contributed by atoms with Crippen molar-refractivity contribution >= 4 is 5.69 Å². The molecule has 0 saturated carbocycles. The Morgan fingerprint density at radius 3 is 2.15 bits per heavy atom. The van der Waals surface area contributed by atoms with Gasteiger partial charge in [-0.25, -0.2) is 0 Å². The molecule has 4 rings (SSSR count). The first-order valence-electron chi connectivity index (χ1n) is 11.5. The van der Waals surface area contributed by atoms with E-state index in [9.17, 15) is 0 Å². The maximum absolute atomic E-state index is 6.60. The summed E-state index contributed by atoms with van der Waals surface area (Å²) in [6.45, 7) is 13.8. The van der Waals surface area contributed by atoms with Crippen molar-refractivity contribution in [1.29, 1.82) is 0 Å². The quantitative estimate of drug-likeness (QED) is 0.450. The van der Waals surface area contributed by atoms with Gasteiger partial charge < -0.3 is 19.5 Å². The molecule has 1 aliphatic heterocycles. The van der Waals surface area contributed by atoms with Crippen LogP contribution in [-0.4, -0.2) is 19.8 Å². The summed E-state index contributed by atoms with van der Waals surface area (Å²) in [5.74, 6) is 2.69. The smallest absolute Gasteiger partial charge is 0.161 e. The molecule has 0 spiro atoms. The standard InChI is InChI=1S/C29H35NO3/c1-17-9-12-22(13-10-17)26-25-20(4)27(18(2)19(3)28(25)33-29(26,5)6)30-16-21-11-14-23(31-7)24(15-21)32-8/h9-15,26,30H,16H2,1-8H3. The highest BCUT2D eigenvalue weighted by molar-refractivity contribution is 5.71. The van der Waals surface area contributed by atoms with E-state index in [0.29, 0.717) is 6.54 Å². The van der Waals surface area contributed by atoms with Crippen molar-refractivity contribution in [3.8, 4) is 17.2 Å². The minimum absolute atomic E-state index is 0.175. The number of ether oxygens (including phenoxy) is 3. The second kappa shape index (κ2) is 8.66. The molecule has 1 aliphatic rings. The van der Waals surface area contributed by atoms with Gasteiger partial charge in [0.1, 0.15) is 11.4 Å². The highest BCUT2D eigenvalue weighted by Gasteiger charge is 2.44. The number of anilines is 1. The monoisotopic (exact) mass is 445 g/mol. The number of fused-ring (bicyclic) bond motifs is 1. The molecule has 0 saturated heterocycles. The summed E-state index contributed by atoms with van der Waals surface area (Å²) in [4.78, 5) is 0. The van der Waals surface area contributed by atoms with E-state index in [1.54, 1.807) is 14.2 Å². The molecule has 0 aliphatic carbocycles. The van der Waals surface area contributed by atoms with E-state index in [2.05, 4.69) is 77.2 Å². The van der Waals surface area contributed by atoms with E-state index in [-0.39, 0.29) is 11.5 Å². The Morgan fingerprint density at radius 2 is 1.52 bits per heavy atom. The molecule has 1 heterocycles. The Balaban J connectivity index is 1.74. The van der Waals surface area contributed by atoms with Crippen LogP contribution in [-0.2, 0) is 6.54 Å². The Kier molecular flexibility index (Phi) is 6.04. The van der Waals surface area contributed by atoms with Crippen LogP contribution in [0, 0.1) is 27.7 Å². The molecule has 0 radical (unpaired) electrons. The van der Waals surface area contributed by atoms with Crippen LogP contribution < -0.4 is 19.5 Å². The largest absolute Gasteiger partial charge is 0.493 e. The van der Waals surface area contributed by atoms with E-state index < -0.39 is 0 Å². The normalized spacial score (nSPS) is 16.2. The van der Waals surface area contributed by atoms with Gasteiger partial charge in [0, 0.05) is 17.8 Å². The molecule has 1 N–H and O–H groups in total. The third-order valence-corrected chi connectivity index (χ3v) is 6.98. The van der Waals surface area contributed by atoms with Gasteiger partial charge >= 0.3 is 0 Å². The van der Waals surface area contributed by atoms with Crippen molar-refractivity contribution in [2.24, 2.45) is 0 Å². The van der Waals surface area contributed by atoms with E-state index >= 15 is 0 Å². The molecule has 3 aromatic carbocycles. The van der Waals surface area contributed by atoms with Crippen LogP contribution >= 0.6 is 0 Å². The molecule has 174 valence electrons. The number of hydrogen-bond acceptors (Lipinski definition) is 4. The first-order chi connectivity index (χ1) is 15.7. The molecule has 3 aromatic rings. The molecule has 0 fully saturated rings. The van der Waals surface area contributed by atoms with Gasteiger partial charge in [0.15, 0.2) is 11.5 Å². The average molecular weight is 446 g/mol. The van der Waals surface area contributed by atoms with E-state index in [1.165, 1.54) is 39.1 Å². The Labute approximate surface area is 197 Å². The van der Waals surface area contributed by atoms with Crippen molar-refractivity contribution in [3.63, 3.8) is 0 Å². The van der Waals surface area contributed by atoms with Crippen molar-refractivity contribution < 1.29 is 14.2 Å². The zero-order chi connectivity index (χ0) is 23.9. The fraction of sp³-hybridized carbons (Fsp3) is 0.379. The highest BCUT2D eigenvalue weighted by Crippen LogP contribution is 2.53. The molecular formula is C29H35NO3. The number of nitrogens with one attached hydrogen (secondary N) is 1. The molecule has 0 bridgehead atoms. The molecule has 1 unspecified atom stereocenters. The van der Waals surface area contributed by atoms with Crippen LogP contribution in [0.2, 0.25) is 0 Å². The van der Waals surface area contributed by atoms with Gasteiger partial charge in [0.2, 0.25) is 0 Å². The second-order valence-corrected chi connectivity index (χ2v) is 9.58. The van der Waals surface area contributed by atoms with Crippen LogP contribution in [0.4, 0.5) is 5.69 Å². The predicted octanol–water partition coefficient (Wildman–Crippen LogP) is 6.85. The van der Waals surface area contributed by atoms with Crippen LogP contribution in [0.5, 0.6) is 17.2 Å². The van der Waals surface area contributed by atoms with Crippen molar-refractivity contribution in [3.05, 3.63) is 81.4 Å². The van der Waals surface area contributed by atoms with Gasteiger partial charge in [-0.05, 0) is 81.5 Å². The van der Waals surface area contributed by atoms with Gasteiger partial charge in [-0.15, -0.1) is 0 Å². The zero-order valence-electron chi connectivity index (χ0n) is 21.1. The van der Waals surface area contributed by atoms with Gasteiger partial charge in [0.05, 0.1) is 20.1 Å². The zero-order valence-corrected chi connectivity index (χ0v) is 21.1. The van der Waals surface area contributed by atoms with E-state index in [1.807, 2.05) is 12.1 Å². The van der Waals surface area contributed by atoms with Crippen molar-refractivity contribution in [1.82, 2.24) is 0 Å². The lowest BCUT2D eigenvalue weighted by molar-refractivity contribution is 0.121. The SMILES string of the molecule is COc1ccc(CNc2c(C)c(C)c3c(c2C)C(c2ccc(C)cc2)C(C)(C)O3)cc1OC. The average Bonchev–Trinajstić information content (AvgIpc) is 3.09. The molecule has 0 amide bonds. The third-order valence-electron chi connectivity index (χ3n) is 6.98. The number of aryl methyl sites for hydroxylation is 1. The number of benzene rings is 3. The minimum Gasteiger partial charge on any atom is -0.493 e. The summed E-state index contributed by atoms with van der Waals surface area (Å²) >= 11 is 0. The summed E-state index contributed by atoms with van der Waals surface area (Å²) in [6.07, 6.45) is 0. The fourth-order valence-electron chi connectivity index (χ4n) is 5.07. The first-order valence-corrected chi connectivity index (χ1v) is 11.5. The van der Waals surface area contributed by atoms with E-state index in [0.717, 1.165) is 22.8 Å². The van der Waals surface area contributed by atoms with Crippen LogP contribution in [0.25, 0.3) is 0 Å². The number of rotatable bonds is 6. The van der Waals surface area contributed by atoms with Gasteiger partial charge in [-0.1, -0.05) is 35.9 Å². The topological polar surface area (TPSA) is 39.7 Å². The molecule has 4 nitrogen and oxygen atoms in total. The Bertz CT molecular complexity index is 1180. The maximum Gasteiger partial charge on any atom is 0.161 e. The van der Waals surface area contributed by atoms with Crippen LogP contribution in [0.1, 0.15) is 58.7 Å². The van der Waals surface area contributed by atoms with Crippen LogP contribution in [0.3, 0.4) is 0 Å². The Hall–Kier alpha value is -3.14. The fourth-order valence-corrected chi connectivity index (χ4v) is 5.07. The van der Waals surface area contributed by atoms with Crippen LogP contribution in [0.15, 0.2) is 42.5 Å². The van der Waals surface area contributed by atoms with Gasteiger partial charge in [-0.2, -0.15) is 0 Å². The molecular weight excluding hydrogens is 410 g/mol. The predicted molar refractivity (Wildman–Crippen MR) is 135 cm³/mol. The van der Waals surface area contributed by atoms with Crippen molar-refractivity contribution in [2.45, 2.75) is 59.6 Å². The molecule has 33 heavy (non-hydrogen) atoms. The minimum atomic E-state index is -0.318. The second-order valence-electron chi connectivity index (χ2n) is 9.58. The van der Waals surface area contributed by atoms with E-state index in [4.69, 9.17) is 14.2 Å². The molecule has 4 heteroatoms. The third kappa shape index (κ3) is 4.03. The lowest BCUT2D eigenvalue weighted by Crippen LogP contribution is -2.31. The summed E-state index contributed by atoms with van der Waals surface area (Å²) in [7, 11) is 3.32. The first kappa shape index (κ1) is 23.0. The highest BCUT2D eigenvalue weighted by atomic mass is 16.5. The Morgan fingerprint density at radius 1 is 0.848 bits per heavy atom. The van der Waals surface area contributed by atoms with Gasteiger partial charge in [0.25, 0.3) is 0 Å². The number of hydrogen-bond donors (Lipinski definition) is 1. The summed E-state index contributed by atoms with van der Waals surface area (Å²) in [5.41, 5.74) is 9.54. The lowest BCUT2D eigenvalue weighted by atomic mass is 9.78. The van der Waals surface area contributed by atoms with Gasteiger partial charge in [-0.3, -0.25) is 0 Å². The molecule has 0 aromatic heterocycles. The number of methoxy groups -OCH3 is 2. The summed E-state index contributed by atoms with van der Waals surface area (Å²) in [6, 6.07) is 14.9. The van der Waals surface area contributed by atoms with Crippen molar-refractivity contribution in [2.75, 3.05) is 19.5 Å². The molecule has 1 atom stereocenters. The summed E-state index contributed by atoms with van der Waals surface area (Å²) in [5, 5.41) is 3.71. The summed E-state index contributed by atoms with van der Waals surface area (Å²) < 4.78 is 17.5. The maximum atomic E-state index is 6.60.